The summed E-state index contributed by atoms with van der Waals surface area (Å²) in [6, 6.07) is 0. The van der Waals surface area contributed by atoms with Crippen LogP contribution in [0.15, 0.2) is 12.3 Å². The third-order valence-corrected chi connectivity index (χ3v) is 4.17. The van der Waals surface area contributed by atoms with Crippen molar-refractivity contribution < 1.29 is 0 Å². The molecule has 19 heavy (non-hydrogen) atoms. The van der Waals surface area contributed by atoms with Gasteiger partial charge in [-0.15, -0.1) is 0 Å². The lowest BCUT2D eigenvalue weighted by molar-refractivity contribution is 0.152. The van der Waals surface area contributed by atoms with Crippen LogP contribution in [0.2, 0.25) is 0 Å². The molecule has 1 aliphatic rings. The Morgan fingerprint density at radius 2 is 1.53 bits per heavy atom. The fourth-order valence-electron chi connectivity index (χ4n) is 2.49. The molecule has 1 rings (SSSR count). The lowest BCUT2D eigenvalue weighted by Crippen LogP contribution is -2.44. The van der Waals surface area contributed by atoms with Gasteiger partial charge in [-0.2, -0.15) is 0 Å². The second-order valence-corrected chi connectivity index (χ2v) is 6.12. The minimum Gasteiger partial charge on any atom is -0.381 e. The Morgan fingerprint density at radius 3 is 2.16 bits per heavy atom. The third kappa shape index (κ3) is 7.58. The molecular weight excluding hydrogens is 234 g/mol. The molecule has 0 bridgehead atoms. The van der Waals surface area contributed by atoms with E-state index in [1.165, 1.54) is 70.5 Å². The van der Waals surface area contributed by atoms with Crippen molar-refractivity contribution in [3.05, 3.63) is 12.3 Å². The maximum atomic E-state index is 4.07. The molecule has 0 aliphatic carbocycles. The molecule has 0 N–H and O–H groups in total. The molecule has 0 aromatic carbocycles. The van der Waals surface area contributed by atoms with E-state index in [1.807, 2.05) is 0 Å². The van der Waals surface area contributed by atoms with Crippen molar-refractivity contribution in [2.45, 2.75) is 38.5 Å². The molecule has 112 valence electrons. The van der Waals surface area contributed by atoms with Gasteiger partial charge in [0.2, 0.25) is 0 Å². The molecule has 0 spiro atoms. The Labute approximate surface area is 120 Å². The van der Waals surface area contributed by atoms with Crippen LogP contribution in [0, 0.1) is 0 Å². The second-order valence-electron chi connectivity index (χ2n) is 6.12. The molecule has 3 heteroatoms. The highest BCUT2D eigenvalue weighted by molar-refractivity contribution is 4.89. The van der Waals surface area contributed by atoms with Gasteiger partial charge in [0.1, 0.15) is 0 Å². The van der Waals surface area contributed by atoms with Gasteiger partial charge in [0, 0.05) is 46.0 Å². The molecule has 1 saturated heterocycles. The lowest BCUT2D eigenvalue weighted by Gasteiger charge is -2.32. The van der Waals surface area contributed by atoms with E-state index in [2.05, 4.69) is 42.4 Å². The Kier molecular flexibility index (Phi) is 8.15. The molecule has 3 nitrogen and oxygen atoms in total. The van der Waals surface area contributed by atoms with Crippen molar-refractivity contribution in [2.75, 3.05) is 53.9 Å². The third-order valence-electron chi connectivity index (χ3n) is 4.17. The highest BCUT2D eigenvalue weighted by atomic mass is 15.2. The maximum absolute atomic E-state index is 4.07. The number of allylic oxidation sites excluding steroid dienone is 1. The van der Waals surface area contributed by atoms with Gasteiger partial charge in [-0.25, -0.2) is 0 Å². The molecule has 1 fully saturated rings. The van der Waals surface area contributed by atoms with Crippen LogP contribution in [0.1, 0.15) is 38.5 Å². The van der Waals surface area contributed by atoms with E-state index in [0.717, 1.165) is 6.42 Å². The van der Waals surface area contributed by atoms with E-state index < -0.39 is 0 Å². The van der Waals surface area contributed by atoms with Crippen molar-refractivity contribution in [3.63, 3.8) is 0 Å². The molecule has 1 aliphatic heterocycles. The number of unbranched alkanes of at least 4 members (excludes halogenated alkanes) is 4. The predicted octanol–water partition coefficient (Wildman–Crippen LogP) is 2.65. The minimum atomic E-state index is 1.16. The van der Waals surface area contributed by atoms with Crippen molar-refractivity contribution in [1.29, 1.82) is 0 Å². The zero-order valence-corrected chi connectivity index (χ0v) is 13.3. The molecule has 0 atom stereocenters. The number of rotatable bonds is 9. The van der Waals surface area contributed by atoms with Crippen LogP contribution in [0.3, 0.4) is 0 Å². The number of hydrogen-bond donors (Lipinski definition) is 0. The van der Waals surface area contributed by atoms with Crippen molar-refractivity contribution in [3.8, 4) is 0 Å². The van der Waals surface area contributed by atoms with Crippen LogP contribution >= 0.6 is 0 Å². The second kappa shape index (κ2) is 9.38. The SMILES string of the molecule is C=C(CCCCCCCN1CCN(C)CC1)N(C)C. The van der Waals surface area contributed by atoms with Gasteiger partial charge in [0.05, 0.1) is 0 Å². The number of hydrogen-bond acceptors (Lipinski definition) is 3. The molecule has 0 radical (unpaired) electrons. The number of nitrogens with zero attached hydrogens (tertiary/aromatic N) is 3. The molecule has 0 unspecified atom stereocenters. The first kappa shape index (κ1) is 16.5. The Morgan fingerprint density at radius 1 is 0.947 bits per heavy atom. The van der Waals surface area contributed by atoms with Crippen LogP contribution in [0.4, 0.5) is 0 Å². The molecule has 0 aromatic heterocycles. The molecule has 1 heterocycles. The van der Waals surface area contributed by atoms with Gasteiger partial charge >= 0.3 is 0 Å². The number of likely N-dealkylation sites (N-methyl/N-ethyl adjacent to an activating group) is 1. The maximum Gasteiger partial charge on any atom is 0.0110 e. The zero-order chi connectivity index (χ0) is 14.1. The van der Waals surface area contributed by atoms with Crippen molar-refractivity contribution in [2.24, 2.45) is 0 Å². The van der Waals surface area contributed by atoms with E-state index in [4.69, 9.17) is 0 Å². The van der Waals surface area contributed by atoms with Crippen molar-refractivity contribution in [1.82, 2.24) is 14.7 Å². The highest BCUT2D eigenvalue weighted by Gasteiger charge is 2.12. The summed E-state index contributed by atoms with van der Waals surface area (Å²) in [5.41, 5.74) is 1.26. The largest absolute Gasteiger partial charge is 0.381 e. The predicted molar refractivity (Wildman–Crippen MR) is 84.5 cm³/mol. The van der Waals surface area contributed by atoms with E-state index >= 15 is 0 Å². The average molecular weight is 267 g/mol. The summed E-state index contributed by atoms with van der Waals surface area (Å²) in [6.07, 6.45) is 7.96. The summed E-state index contributed by atoms with van der Waals surface area (Å²) < 4.78 is 0. The quantitative estimate of drug-likeness (QED) is 0.595. The first-order valence-corrected chi connectivity index (χ1v) is 7.85. The standard InChI is InChI=1S/C16H33N3/c1-16(17(2)3)10-8-6-5-7-9-11-19-14-12-18(4)13-15-19/h1,5-15H2,2-4H3. The summed E-state index contributed by atoms with van der Waals surface area (Å²) in [4.78, 5) is 7.18. The normalized spacial score (nSPS) is 17.6. The van der Waals surface area contributed by atoms with E-state index in [-0.39, 0.29) is 0 Å². The van der Waals surface area contributed by atoms with Crippen LogP contribution in [-0.4, -0.2) is 68.6 Å². The zero-order valence-electron chi connectivity index (χ0n) is 13.3. The summed E-state index contributed by atoms with van der Waals surface area (Å²) in [7, 11) is 6.38. The smallest absolute Gasteiger partial charge is 0.0110 e. The van der Waals surface area contributed by atoms with Gasteiger partial charge in [-0.05, 0) is 32.9 Å². The summed E-state index contributed by atoms with van der Waals surface area (Å²) in [5, 5.41) is 0. The Balaban J connectivity index is 1.87. The van der Waals surface area contributed by atoms with Gasteiger partial charge in [0.25, 0.3) is 0 Å². The lowest BCUT2D eigenvalue weighted by atomic mass is 10.1. The van der Waals surface area contributed by atoms with Gasteiger partial charge in [-0.1, -0.05) is 25.8 Å². The highest BCUT2D eigenvalue weighted by Crippen LogP contribution is 2.11. The first-order chi connectivity index (χ1) is 9.09. The fraction of sp³-hybridized carbons (Fsp3) is 0.875. The van der Waals surface area contributed by atoms with Crippen LogP contribution < -0.4 is 0 Å². The average Bonchev–Trinajstić information content (AvgIpc) is 2.39. The Bertz CT molecular complexity index is 242. The molecule has 0 saturated carbocycles. The van der Waals surface area contributed by atoms with Crippen LogP contribution in [0.5, 0.6) is 0 Å². The van der Waals surface area contributed by atoms with E-state index in [0.29, 0.717) is 0 Å². The summed E-state index contributed by atoms with van der Waals surface area (Å²) in [6.45, 7) is 10.4. The van der Waals surface area contributed by atoms with Gasteiger partial charge in [0.15, 0.2) is 0 Å². The minimum absolute atomic E-state index is 1.16. The summed E-state index contributed by atoms with van der Waals surface area (Å²) >= 11 is 0. The Hall–Kier alpha value is -0.540. The molecule has 0 aromatic rings. The topological polar surface area (TPSA) is 9.72 Å². The van der Waals surface area contributed by atoms with E-state index in [1.54, 1.807) is 0 Å². The monoisotopic (exact) mass is 267 g/mol. The summed E-state index contributed by atoms with van der Waals surface area (Å²) in [5.74, 6) is 0. The molecular formula is C16H33N3. The van der Waals surface area contributed by atoms with Crippen molar-refractivity contribution >= 4 is 0 Å². The van der Waals surface area contributed by atoms with Crippen LogP contribution in [0.25, 0.3) is 0 Å². The molecule has 0 amide bonds. The fourth-order valence-corrected chi connectivity index (χ4v) is 2.49. The van der Waals surface area contributed by atoms with Gasteiger partial charge in [-0.3, -0.25) is 0 Å². The first-order valence-electron chi connectivity index (χ1n) is 7.85. The number of piperazine rings is 1. The van der Waals surface area contributed by atoms with Crippen LogP contribution in [-0.2, 0) is 0 Å². The van der Waals surface area contributed by atoms with Gasteiger partial charge < -0.3 is 14.7 Å². The van der Waals surface area contributed by atoms with E-state index in [9.17, 15) is 0 Å².